The Morgan fingerprint density at radius 2 is 2.00 bits per heavy atom. The van der Waals surface area contributed by atoms with Crippen LogP contribution in [0.15, 0.2) is 24.3 Å². The molecule has 0 saturated carbocycles. The summed E-state index contributed by atoms with van der Waals surface area (Å²) < 4.78 is 16.0. The maximum atomic E-state index is 11.6. The Bertz CT molecular complexity index is 408. The molecule has 0 aliphatic heterocycles. The minimum Gasteiger partial charge on any atom is -0.484 e. The predicted octanol–water partition coefficient (Wildman–Crippen LogP) is 2.23. The Labute approximate surface area is 124 Å². The molecule has 0 radical (unpaired) electrons. The van der Waals surface area contributed by atoms with Gasteiger partial charge in [0, 0.05) is 18.2 Å². The third kappa shape index (κ3) is 6.75. The van der Waals surface area contributed by atoms with Crippen molar-refractivity contribution >= 4 is 17.5 Å². The Hall–Kier alpha value is -1.30. The van der Waals surface area contributed by atoms with Gasteiger partial charge in [-0.15, -0.1) is 0 Å². The number of hydrogen-bond donors (Lipinski definition) is 1. The highest BCUT2D eigenvalue weighted by Crippen LogP contribution is 2.16. The molecule has 1 amide bonds. The lowest BCUT2D eigenvalue weighted by Gasteiger charge is -2.17. The van der Waals surface area contributed by atoms with E-state index in [1.165, 1.54) is 0 Å². The van der Waals surface area contributed by atoms with Crippen LogP contribution in [0.3, 0.4) is 0 Å². The third-order valence-corrected chi connectivity index (χ3v) is 2.57. The maximum Gasteiger partial charge on any atom is 0.258 e. The standard InChI is InChI=1S/C14H20ClNO4/c1-3-18-14(19-4-2)9-16-13(17)10-20-12-7-5-6-11(15)8-12/h5-8,14H,3-4,9-10H2,1-2H3,(H,16,17). The van der Waals surface area contributed by atoms with Gasteiger partial charge in [-0.25, -0.2) is 0 Å². The largest absolute Gasteiger partial charge is 0.484 e. The molecule has 0 fully saturated rings. The first-order valence-corrected chi connectivity index (χ1v) is 6.91. The van der Waals surface area contributed by atoms with E-state index >= 15 is 0 Å². The Morgan fingerprint density at radius 3 is 2.60 bits per heavy atom. The van der Waals surface area contributed by atoms with E-state index in [0.29, 0.717) is 30.5 Å². The number of carbonyl (C=O) groups is 1. The van der Waals surface area contributed by atoms with Crippen LogP contribution in [0.5, 0.6) is 5.75 Å². The first kappa shape index (κ1) is 16.8. The summed E-state index contributed by atoms with van der Waals surface area (Å²) in [6.45, 7) is 5.01. The lowest BCUT2D eigenvalue weighted by Crippen LogP contribution is -2.37. The predicted molar refractivity (Wildman–Crippen MR) is 77.0 cm³/mol. The number of hydrogen-bond acceptors (Lipinski definition) is 4. The Kier molecular flexibility index (Phi) is 8.02. The number of halogens is 1. The highest BCUT2D eigenvalue weighted by molar-refractivity contribution is 6.30. The van der Waals surface area contributed by atoms with Gasteiger partial charge in [0.15, 0.2) is 12.9 Å². The van der Waals surface area contributed by atoms with Crippen molar-refractivity contribution in [3.05, 3.63) is 29.3 Å². The molecule has 1 aromatic carbocycles. The molecule has 0 atom stereocenters. The van der Waals surface area contributed by atoms with Crippen LogP contribution < -0.4 is 10.1 Å². The summed E-state index contributed by atoms with van der Waals surface area (Å²) in [7, 11) is 0. The van der Waals surface area contributed by atoms with Gasteiger partial charge in [0.1, 0.15) is 5.75 Å². The van der Waals surface area contributed by atoms with E-state index in [-0.39, 0.29) is 12.5 Å². The smallest absolute Gasteiger partial charge is 0.258 e. The monoisotopic (exact) mass is 301 g/mol. The number of amides is 1. The number of rotatable bonds is 9. The summed E-state index contributed by atoms with van der Waals surface area (Å²) in [6.07, 6.45) is -0.430. The van der Waals surface area contributed by atoms with E-state index in [2.05, 4.69) is 5.32 Å². The van der Waals surface area contributed by atoms with E-state index < -0.39 is 6.29 Å². The number of nitrogens with one attached hydrogen (secondary N) is 1. The van der Waals surface area contributed by atoms with E-state index in [0.717, 1.165) is 0 Å². The fourth-order valence-electron chi connectivity index (χ4n) is 1.49. The van der Waals surface area contributed by atoms with Gasteiger partial charge < -0.3 is 19.5 Å². The molecule has 0 saturated heterocycles. The van der Waals surface area contributed by atoms with Crippen molar-refractivity contribution in [3.63, 3.8) is 0 Å². The third-order valence-electron chi connectivity index (χ3n) is 2.34. The summed E-state index contributed by atoms with van der Waals surface area (Å²) in [6, 6.07) is 6.89. The fraction of sp³-hybridized carbons (Fsp3) is 0.500. The Balaban J connectivity index is 2.29. The molecule has 0 heterocycles. The van der Waals surface area contributed by atoms with Gasteiger partial charge in [0.2, 0.25) is 0 Å². The summed E-state index contributed by atoms with van der Waals surface area (Å²) in [5.74, 6) is 0.313. The molecule has 0 unspecified atom stereocenters. The van der Waals surface area contributed by atoms with Crippen LogP contribution in [0, 0.1) is 0 Å². The van der Waals surface area contributed by atoms with Crippen LogP contribution in [-0.2, 0) is 14.3 Å². The average molecular weight is 302 g/mol. The van der Waals surface area contributed by atoms with Crippen molar-refractivity contribution in [2.45, 2.75) is 20.1 Å². The number of benzene rings is 1. The maximum absolute atomic E-state index is 11.6. The molecular weight excluding hydrogens is 282 g/mol. The highest BCUT2D eigenvalue weighted by atomic mass is 35.5. The zero-order valence-electron chi connectivity index (χ0n) is 11.7. The summed E-state index contributed by atoms with van der Waals surface area (Å²) >= 11 is 5.82. The van der Waals surface area contributed by atoms with Crippen molar-refractivity contribution in [1.29, 1.82) is 0 Å². The van der Waals surface area contributed by atoms with Crippen molar-refractivity contribution in [2.75, 3.05) is 26.4 Å². The van der Waals surface area contributed by atoms with Crippen LogP contribution in [0.2, 0.25) is 5.02 Å². The van der Waals surface area contributed by atoms with Crippen LogP contribution in [-0.4, -0.2) is 38.6 Å². The second-order valence-electron chi connectivity index (χ2n) is 3.89. The van der Waals surface area contributed by atoms with Gasteiger partial charge >= 0.3 is 0 Å². The first-order chi connectivity index (χ1) is 9.65. The van der Waals surface area contributed by atoms with Crippen molar-refractivity contribution in [1.82, 2.24) is 5.32 Å². The van der Waals surface area contributed by atoms with Crippen LogP contribution in [0.1, 0.15) is 13.8 Å². The van der Waals surface area contributed by atoms with Crippen LogP contribution in [0.4, 0.5) is 0 Å². The summed E-state index contributed by atoms with van der Waals surface area (Å²) in [4.78, 5) is 11.6. The number of ether oxygens (including phenoxy) is 3. The molecule has 0 bridgehead atoms. The molecule has 0 aliphatic rings. The van der Waals surface area contributed by atoms with Gasteiger partial charge in [0.05, 0.1) is 6.54 Å². The summed E-state index contributed by atoms with van der Waals surface area (Å²) in [5.41, 5.74) is 0. The van der Waals surface area contributed by atoms with E-state index in [1.807, 2.05) is 13.8 Å². The molecule has 1 rings (SSSR count). The molecule has 6 heteroatoms. The van der Waals surface area contributed by atoms with Gasteiger partial charge in [-0.1, -0.05) is 17.7 Å². The molecule has 5 nitrogen and oxygen atoms in total. The van der Waals surface area contributed by atoms with E-state index in [1.54, 1.807) is 24.3 Å². The second-order valence-corrected chi connectivity index (χ2v) is 4.33. The molecule has 0 aromatic heterocycles. The Morgan fingerprint density at radius 1 is 1.30 bits per heavy atom. The van der Waals surface area contributed by atoms with E-state index in [4.69, 9.17) is 25.8 Å². The van der Waals surface area contributed by atoms with Gasteiger partial charge in [-0.3, -0.25) is 4.79 Å². The molecule has 20 heavy (non-hydrogen) atoms. The lowest BCUT2D eigenvalue weighted by molar-refractivity contribution is -0.141. The molecule has 1 N–H and O–H groups in total. The van der Waals surface area contributed by atoms with Crippen molar-refractivity contribution < 1.29 is 19.0 Å². The SMILES string of the molecule is CCOC(CNC(=O)COc1cccc(Cl)c1)OCC. The molecule has 1 aromatic rings. The molecule has 0 spiro atoms. The quantitative estimate of drug-likeness (QED) is 0.711. The average Bonchev–Trinajstić information content (AvgIpc) is 2.43. The van der Waals surface area contributed by atoms with Gasteiger partial charge in [-0.2, -0.15) is 0 Å². The molecular formula is C14H20ClNO4. The lowest BCUT2D eigenvalue weighted by atomic mass is 10.3. The fourth-order valence-corrected chi connectivity index (χ4v) is 1.67. The molecule has 0 aliphatic carbocycles. The minimum absolute atomic E-state index is 0.0781. The van der Waals surface area contributed by atoms with Crippen molar-refractivity contribution in [3.8, 4) is 5.75 Å². The van der Waals surface area contributed by atoms with Gasteiger partial charge in [-0.05, 0) is 32.0 Å². The number of carbonyl (C=O) groups excluding carboxylic acids is 1. The topological polar surface area (TPSA) is 56.8 Å². The zero-order valence-corrected chi connectivity index (χ0v) is 12.5. The highest BCUT2D eigenvalue weighted by Gasteiger charge is 2.10. The minimum atomic E-state index is -0.430. The summed E-state index contributed by atoms with van der Waals surface area (Å²) in [5, 5.41) is 3.26. The van der Waals surface area contributed by atoms with Crippen molar-refractivity contribution in [2.24, 2.45) is 0 Å². The molecule has 112 valence electrons. The van der Waals surface area contributed by atoms with Gasteiger partial charge in [0.25, 0.3) is 5.91 Å². The zero-order chi connectivity index (χ0) is 14.8. The van der Waals surface area contributed by atoms with E-state index in [9.17, 15) is 4.79 Å². The normalized spacial score (nSPS) is 10.6. The second kappa shape index (κ2) is 9.58. The first-order valence-electron chi connectivity index (χ1n) is 6.54. The van der Waals surface area contributed by atoms with Crippen LogP contribution >= 0.6 is 11.6 Å². The van der Waals surface area contributed by atoms with Crippen LogP contribution in [0.25, 0.3) is 0 Å².